The molecule has 0 aliphatic rings. The van der Waals surface area contributed by atoms with Crippen LogP contribution in [0.4, 0.5) is 0 Å². The Kier molecular flexibility index (Phi) is 2.96. The smallest absolute Gasteiger partial charge is 0.168 e. The molecule has 0 unspecified atom stereocenters. The molecule has 0 N–H and O–H groups in total. The van der Waals surface area contributed by atoms with Crippen LogP contribution in [0.2, 0.25) is 0 Å². The fourth-order valence-corrected chi connectivity index (χ4v) is 1.22. The molecule has 0 saturated heterocycles. The number of hydrogen-bond acceptors (Lipinski definition) is 2. The van der Waals surface area contributed by atoms with Gasteiger partial charge in [0.25, 0.3) is 0 Å². The molecule has 0 bridgehead atoms. The van der Waals surface area contributed by atoms with Crippen molar-refractivity contribution >= 4 is 5.78 Å². The summed E-state index contributed by atoms with van der Waals surface area (Å²) in [5.74, 6) is 0.0833. The van der Waals surface area contributed by atoms with E-state index in [4.69, 9.17) is 0 Å². The molecule has 0 fully saturated rings. The molecule has 2 heteroatoms. The van der Waals surface area contributed by atoms with Crippen LogP contribution in [0.3, 0.4) is 0 Å². The van der Waals surface area contributed by atoms with E-state index in [0.717, 1.165) is 11.4 Å². The lowest BCUT2D eigenvalue weighted by Crippen LogP contribution is -2.02. The fourth-order valence-electron chi connectivity index (χ4n) is 1.22. The van der Waals surface area contributed by atoms with Gasteiger partial charge in [-0.2, -0.15) is 0 Å². The van der Waals surface area contributed by atoms with E-state index in [9.17, 15) is 4.79 Å². The van der Waals surface area contributed by atoms with Gasteiger partial charge in [-0.05, 0) is 26.0 Å². The van der Waals surface area contributed by atoms with E-state index < -0.39 is 0 Å². The number of pyridine rings is 1. The van der Waals surface area contributed by atoms with Gasteiger partial charge in [-0.15, -0.1) is 6.58 Å². The number of rotatable bonds is 3. The Balaban J connectivity index is 3.01. The van der Waals surface area contributed by atoms with Crippen molar-refractivity contribution in [3.63, 3.8) is 0 Å². The Morgan fingerprint density at radius 3 is 2.77 bits per heavy atom. The molecule has 1 aromatic rings. The number of aromatic nitrogens is 1. The van der Waals surface area contributed by atoms with Gasteiger partial charge in [-0.3, -0.25) is 9.78 Å². The first kappa shape index (κ1) is 9.65. The molecule has 0 spiro atoms. The maximum Gasteiger partial charge on any atom is 0.168 e. The molecular weight excluding hydrogens is 162 g/mol. The summed E-state index contributed by atoms with van der Waals surface area (Å²) in [6.45, 7) is 7.29. The van der Waals surface area contributed by atoms with Crippen molar-refractivity contribution in [3.8, 4) is 0 Å². The minimum Gasteiger partial charge on any atom is -0.294 e. The van der Waals surface area contributed by atoms with Gasteiger partial charge in [-0.1, -0.05) is 6.08 Å². The minimum atomic E-state index is 0.0833. The average Bonchev–Trinajstić information content (AvgIpc) is 2.04. The standard InChI is InChI=1S/C11H13NO/c1-4-5-11(13)10-7-6-8(2)12-9(10)3/h4,6-7H,1,5H2,2-3H3. The van der Waals surface area contributed by atoms with E-state index in [1.54, 1.807) is 6.08 Å². The molecule has 0 saturated carbocycles. The third-order valence-electron chi connectivity index (χ3n) is 1.86. The quantitative estimate of drug-likeness (QED) is 0.521. The molecule has 0 radical (unpaired) electrons. The Bertz CT molecular complexity index is 342. The summed E-state index contributed by atoms with van der Waals surface area (Å²) >= 11 is 0. The molecule has 1 aromatic heterocycles. The predicted octanol–water partition coefficient (Wildman–Crippen LogP) is 2.46. The molecule has 0 amide bonds. The van der Waals surface area contributed by atoms with Crippen molar-refractivity contribution in [3.05, 3.63) is 41.7 Å². The third-order valence-corrected chi connectivity index (χ3v) is 1.86. The van der Waals surface area contributed by atoms with Gasteiger partial charge >= 0.3 is 0 Å². The second kappa shape index (κ2) is 3.99. The Labute approximate surface area is 78.3 Å². The SMILES string of the molecule is C=CCC(=O)c1ccc(C)nc1C. The largest absolute Gasteiger partial charge is 0.294 e. The van der Waals surface area contributed by atoms with Gasteiger partial charge in [0.15, 0.2) is 5.78 Å². The summed E-state index contributed by atoms with van der Waals surface area (Å²) in [5, 5.41) is 0. The van der Waals surface area contributed by atoms with E-state index in [1.165, 1.54) is 0 Å². The van der Waals surface area contributed by atoms with Gasteiger partial charge in [0.05, 0.1) is 0 Å². The van der Waals surface area contributed by atoms with E-state index >= 15 is 0 Å². The molecule has 0 atom stereocenters. The van der Waals surface area contributed by atoms with Crippen LogP contribution in [-0.4, -0.2) is 10.8 Å². The number of ketones is 1. The lowest BCUT2D eigenvalue weighted by atomic mass is 10.1. The third kappa shape index (κ3) is 2.25. The molecule has 0 aliphatic carbocycles. The fraction of sp³-hybridized carbons (Fsp3) is 0.273. The van der Waals surface area contributed by atoms with Gasteiger partial charge < -0.3 is 0 Å². The van der Waals surface area contributed by atoms with Crippen molar-refractivity contribution in [2.75, 3.05) is 0 Å². The summed E-state index contributed by atoms with van der Waals surface area (Å²) in [6, 6.07) is 3.67. The summed E-state index contributed by atoms with van der Waals surface area (Å²) in [4.78, 5) is 15.7. The number of aryl methyl sites for hydroxylation is 2. The van der Waals surface area contributed by atoms with Gasteiger partial charge in [-0.25, -0.2) is 0 Å². The number of carbonyl (C=O) groups excluding carboxylic acids is 1. The summed E-state index contributed by atoms with van der Waals surface area (Å²) in [6.07, 6.45) is 1.99. The molecule has 1 rings (SSSR count). The minimum absolute atomic E-state index is 0.0833. The maximum absolute atomic E-state index is 11.5. The van der Waals surface area contributed by atoms with Crippen LogP contribution in [-0.2, 0) is 0 Å². The van der Waals surface area contributed by atoms with Crippen molar-refractivity contribution < 1.29 is 4.79 Å². The van der Waals surface area contributed by atoms with Gasteiger partial charge in [0.2, 0.25) is 0 Å². The van der Waals surface area contributed by atoms with Crippen molar-refractivity contribution in [2.24, 2.45) is 0 Å². The molecule has 2 nitrogen and oxygen atoms in total. The first-order valence-corrected chi connectivity index (χ1v) is 4.23. The highest BCUT2D eigenvalue weighted by molar-refractivity contribution is 5.97. The molecule has 0 aliphatic heterocycles. The second-order valence-electron chi connectivity index (χ2n) is 3.00. The molecule has 1 heterocycles. The van der Waals surface area contributed by atoms with Crippen molar-refractivity contribution in [2.45, 2.75) is 20.3 Å². The van der Waals surface area contributed by atoms with Crippen LogP contribution in [0.5, 0.6) is 0 Å². The normalized spacial score (nSPS) is 9.69. The topological polar surface area (TPSA) is 30.0 Å². The number of Topliss-reactive ketones (excluding diaryl/α,β-unsaturated/α-hetero) is 1. The monoisotopic (exact) mass is 175 g/mol. The predicted molar refractivity (Wildman–Crippen MR) is 52.9 cm³/mol. The zero-order valence-corrected chi connectivity index (χ0v) is 8.00. The number of carbonyl (C=O) groups is 1. The lowest BCUT2D eigenvalue weighted by molar-refractivity contribution is 0.0995. The molecular formula is C11H13NO. The Morgan fingerprint density at radius 1 is 1.54 bits per heavy atom. The average molecular weight is 175 g/mol. The van der Waals surface area contributed by atoms with E-state index in [-0.39, 0.29) is 5.78 Å². The van der Waals surface area contributed by atoms with Gasteiger partial charge in [0.1, 0.15) is 0 Å². The van der Waals surface area contributed by atoms with E-state index in [2.05, 4.69) is 11.6 Å². The molecule has 13 heavy (non-hydrogen) atoms. The van der Waals surface area contributed by atoms with Crippen LogP contribution >= 0.6 is 0 Å². The van der Waals surface area contributed by atoms with E-state index in [0.29, 0.717) is 12.0 Å². The summed E-state index contributed by atoms with van der Waals surface area (Å²) in [7, 11) is 0. The zero-order valence-electron chi connectivity index (χ0n) is 8.00. The number of hydrogen-bond donors (Lipinski definition) is 0. The van der Waals surface area contributed by atoms with Crippen LogP contribution in [0, 0.1) is 13.8 Å². The van der Waals surface area contributed by atoms with Crippen molar-refractivity contribution in [1.29, 1.82) is 0 Å². The van der Waals surface area contributed by atoms with Crippen LogP contribution in [0.25, 0.3) is 0 Å². The lowest BCUT2D eigenvalue weighted by Gasteiger charge is -2.02. The molecule has 68 valence electrons. The second-order valence-corrected chi connectivity index (χ2v) is 3.00. The van der Waals surface area contributed by atoms with Gasteiger partial charge in [0, 0.05) is 23.4 Å². The highest BCUT2D eigenvalue weighted by atomic mass is 16.1. The van der Waals surface area contributed by atoms with Crippen molar-refractivity contribution in [1.82, 2.24) is 4.98 Å². The number of allylic oxidation sites excluding steroid dienone is 1. The maximum atomic E-state index is 11.5. The highest BCUT2D eigenvalue weighted by Gasteiger charge is 2.07. The first-order chi connectivity index (χ1) is 6.15. The van der Waals surface area contributed by atoms with Crippen LogP contribution < -0.4 is 0 Å². The van der Waals surface area contributed by atoms with Crippen LogP contribution in [0.1, 0.15) is 28.2 Å². The van der Waals surface area contributed by atoms with E-state index in [1.807, 2.05) is 26.0 Å². The highest BCUT2D eigenvalue weighted by Crippen LogP contribution is 2.09. The summed E-state index contributed by atoms with van der Waals surface area (Å²) in [5.41, 5.74) is 2.44. The van der Waals surface area contributed by atoms with Crippen LogP contribution in [0.15, 0.2) is 24.8 Å². The first-order valence-electron chi connectivity index (χ1n) is 4.23. The Hall–Kier alpha value is -1.44. The molecule has 0 aromatic carbocycles. The zero-order chi connectivity index (χ0) is 9.84. The summed E-state index contributed by atoms with van der Waals surface area (Å²) < 4.78 is 0. The Morgan fingerprint density at radius 2 is 2.23 bits per heavy atom. The number of nitrogens with zero attached hydrogens (tertiary/aromatic N) is 1.